The predicted molar refractivity (Wildman–Crippen MR) is 56.7 cm³/mol. The number of rotatable bonds is 4. The monoisotopic (exact) mass is 263 g/mol. The second-order valence-electron chi connectivity index (χ2n) is 3.37. The number of carbonyl (C=O) groups excluding carboxylic acids is 1. The highest BCUT2D eigenvalue weighted by Gasteiger charge is 2.32. The fourth-order valence-corrected chi connectivity index (χ4v) is 1.31. The third kappa shape index (κ3) is 4.25. The van der Waals surface area contributed by atoms with Crippen LogP contribution in [0.5, 0.6) is 0 Å². The Balaban J connectivity index is 2.65. The molecule has 1 rings (SSSR count). The number of carbonyl (C=O) groups is 1. The van der Waals surface area contributed by atoms with Crippen molar-refractivity contribution in [2.45, 2.75) is 12.7 Å². The molecule has 4 nitrogen and oxygen atoms in total. The van der Waals surface area contributed by atoms with Crippen molar-refractivity contribution in [1.82, 2.24) is 5.32 Å². The van der Waals surface area contributed by atoms with Crippen molar-refractivity contribution in [3.63, 3.8) is 0 Å². The molecule has 0 unspecified atom stereocenters. The third-order valence-corrected chi connectivity index (χ3v) is 2.07. The molecular formula is C11H12F3NO3. The van der Waals surface area contributed by atoms with Gasteiger partial charge in [-0.3, -0.25) is 0 Å². The van der Waals surface area contributed by atoms with Crippen molar-refractivity contribution in [1.29, 1.82) is 0 Å². The summed E-state index contributed by atoms with van der Waals surface area (Å²) in [6.07, 6.45) is -5.34. The molecule has 2 N–H and O–H groups in total. The number of hydrogen-bond donors (Lipinski definition) is 2. The van der Waals surface area contributed by atoms with Gasteiger partial charge >= 0.3 is 12.3 Å². The first-order valence-electron chi connectivity index (χ1n) is 5.11. The van der Waals surface area contributed by atoms with Gasteiger partial charge < -0.3 is 15.2 Å². The van der Waals surface area contributed by atoms with E-state index in [0.29, 0.717) is 0 Å². The van der Waals surface area contributed by atoms with Crippen LogP contribution >= 0.6 is 0 Å². The van der Waals surface area contributed by atoms with E-state index in [4.69, 9.17) is 5.11 Å². The van der Waals surface area contributed by atoms with Gasteiger partial charge in [-0.05, 0) is 11.6 Å². The van der Waals surface area contributed by atoms with E-state index in [1.165, 1.54) is 18.2 Å². The Labute approximate surface area is 101 Å². The van der Waals surface area contributed by atoms with E-state index in [-0.39, 0.29) is 25.3 Å². The molecule has 0 spiro atoms. The number of aliphatic hydroxyl groups excluding tert-OH is 1. The molecule has 0 heterocycles. The number of halogens is 3. The maximum absolute atomic E-state index is 12.6. The Morgan fingerprint density at radius 1 is 1.33 bits per heavy atom. The molecule has 0 aliphatic heterocycles. The van der Waals surface area contributed by atoms with Gasteiger partial charge in [0, 0.05) is 6.54 Å². The summed E-state index contributed by atoms with van der Waals surface area (Å²) in [5, 5.41) is 10.6. The molecule has 1 amide bonds. The lowest BCUT2D eigenvalue weighted by atomic mass is 10.1. The predicted octanol–water partition coefficient (Wildman–Crippen LogP) is 1.92. The summed E-state index contributed by atoms with van der Waals surface area (Å²) in [6.45, 7) is -0.834. The van der Waals surface area contributed by atoms with Crippen LogP contribution in [0.3, 0.4) is 0 Å². The largest absolute Gasteiger partial charge is 0.447 e. The molecule has 0 saturated heterocycles. The molecule has 0 aliphatic carbocycles. The van der Waals surface area contributed by atoms with E-state index in [9.17, 15) is 18.0 Å². The van der Waals surface area contributed by atoms with Gasteiger partial charge in [0.2, 0.25) is 0 Å². The number of ether oxygens (including phenoxy) is 1. The highest BCUT2D eigenvalue weighted by atomic mass is 19.4. The van der Waals surface area contributed by atoms with E-state index >= 15 is 0 Å². The van der Waals surface area contributed by atoms with Gasteiger partial charge in [0.05, 0.1) is 12.2 Å². The number of nitrogens with one attached hydrogen (secondary N) is 1. The second-order valence-corrected chi connectivity index (χ2v) is 3.37. The van der Waals surface area contributed by atoms with E-state index < -0.39 is 17.8 Å². The average Bonchev–Trinajstić information content (AvgIpc) is 2.33. The quantitative estimate of drug-likeness (QED) is 0.872. The molecule has 0 aromatic heterocycles. The molecule has 0 aliphatic rings. The summed E-state index contributed by atoms with van der Waals surface area (Å²) in [6, 6.07) is 4.94. The molecular weight excluding hydrogens is 251 g/mol. The van der Waals surface area contributed by atoms with Crippen LogP contribution in [0.15, 0.2) is 24.3 Å². The molecule has 0 bridgehead atoms. The van der Waals surface area contributed by atoms with Gasteiger partial charge in [-0.2, -0.15) is 13.2 Å². The van der Waals surface area contributed by atoms with Gasteiger partial charge in [-0.1, -0.05) is 18.2 Å². The molecule has 1 aromatic rings. The van der Waals surface area contributed by atoms with E-state index in [2.05, 4.69) is 10.1 Å². The molecule has 7 heteroatoms. The summed E-state index contributed by atoms with van der Waals surface area (Å²) >= 11 is 0. The first-order chi connectivity index (χ1) is 8.45. The molecule has 0 fully saturated rings. The SMILES string of the molecule is O=C(NCc1ccccc1C(F)(F)F)OCCO. The summed E-state index contributed by atoms with van der Waals surface area (Å²) < 4.78 is 42.3. The average molecular weight is 263 g/mol. The molecule has 100 valence electrons. The van der Waals surface area contributed by atoms with Crippen LogP contribution in [-0.2, 0) is 17.5 Å². The Bertz CT molecular complexity index is 407. The van der Waals surface area contributed by atoms with Crippen molar-refractivity contribution in [2.24, 2.45) is 0 Å². The van der Waals surface area contributed by atoms with Crippen LogP contribution in [0.25, 0.3) is 0 Å². The first-order valence-corrected chi connectivity index (χ1v) is 5.11. The van der Waals surface area contributed by atoms with Gasteiger partial charge in [-0.25, -0.2) is 4.79 Å². The number of amides is 1. The lowest BCUT2D eigenvalue weighted by molar-refractivity contribution is -0.138. The number of benzene rings is 1. The maximum Gasteiger partial charge on any atom is 0.416 e. The zero-order chi connectivity index (χ0) is 13.6. The Morgan fingerprint density at radius 2 is 2.00 bits per heavy atom. The number of aliphatic hydroxyl groups is 1. The topological polar surface area (TPSA) is 58.6 Å². The van der Waals surface area contributed by atoms with Crippen LogP contribution in [0.4, 0.5) is 18.0 Å². The molecule has 0 radical (unpaired) electrons. The molecule has 18 heavy (non-hydrogen) atoms. The van der Waals surface area contributed by atoms with E-state index in [1.54, 1.807) is 0 Å². The lowest BCUT2D eigenvalue weighted by Gasteiger charge is -2.13. The number of hydrogen-bond acceptors (Lipinski definition) is 3. The second kappa shape index (κ2) is 6.25. The summed E-state index contributed by atoms with van der Waals surface area (Å²) in [7, 11) is 0. The van der Waals surface area contributed by atoms with E-state index in [0.717, 1.165) is 6.07 Å². The normalized spacial score (nSPS) is 11.1. The molecule has 1 aromatic carbocycles. The zero-order valence-corrected chi connectivity index (χ0v) is 9.33. The maximum atomic E-state index is 12.6. The van der Waals surface area contributed by atoms with Crippen LogP contribution in [0, 0.1) is 0 Å². The fourth-order valence-electron chi connectivity index (χ4n) is 1.31. The summed E-state index contributed by atoms with van der Waals surface area (Å²) in [5.41, 5.74) is -0.849. The van der Waals surface area contributed by atoms with Crippen molar-refractivity contribution in [2.75, 3.05) is 13.2 Å². The standard InChI is InChI=1S/C11H12F3NO3/c12-11(13,14)9-4-2-1-3-8(9)7-15-10(17)18-6-5-16/h1-4,16H,5-7H2,(H,15,17). The molecule has 0 saturated carbocycles. The van der Waals surface area contributed by atoms with Gasteiger partial charge in [0.15, 0.2) is 0 Å². The van der Waals surface area contributed by atoms with Crippen molar-refractivity contribution in [3.05, 3.63) is 35.4 Å². The van der Waals surface area contributed by atoms with Crippen molar-refractivity contribution >= 4 is 6.09 Å². The Hall–Kier alpha value is -1.76. The zero-order valence-electron chi connectivity index (χ0n) is 9.33. The number of alkyl carbamates (subject to hydrolysis) is 1. The highest BCUT2D eigenvalue weighted by molar-refractivity contribution is 5.67. The smallest absolute Gasteiger partial charge is 0.416 e. The minimum atomic E-state index is -4.47. The van der Waals surface area contributed by atoms with Gasteiger partial charge in [-0.15, -0.1) is 0 Å². The van der Waals surface area contributed by atoms with Crippen LogP contribution in [0.2, 0.25) is 0 Å². The van der Waals surface area contributed by atoms with Crippen LogP contribution in [0.1, 0.15) is 11.1 Å². The summed E-state index contributed by atoms with van der Waals surface area (Å²) in [4.78, 5) is 11.0. The fraction of sp³-hybridized carbons (Fsp3) is 0.364. The van der Waals surface area contributed by atoms with Crippen molar-refractivity contribution in [3.8, 4) is 0 Å². The van der Waals surface area contributed by atoms with Gasteiger partial charge in [0.1, 0.15) is 6.61 Å². The third-order valence-electron chi connectivity index (χ3n) is 2.07. The van der Waals surface area contributed by atoms with Gasteiger partial charge in [0.25, 0.3) is 0 Å². The summed E-state index contributed by atoms with van der Waals surface area (Å²) in [5.74, 6) is 0. The van der Waals surface area contributed by atoms with Crippen LogP contribution in [-0.4, -0.2) is 24.4 Å². The van der Waals surface area contributed by atoms with E-state index in [1.807, 2.05) is 0 Å². The Morgan fingerprint density at radius 3 is 2.61 bits per heavy atom. The minimum Gasteiger partial charge on any atom is -0.447 e. The van der Waals surface area contributed by atoms with Crippen LogP contribution < -0.4 is 5.32 Å². The van der Waals surface area contributed by atoms with Crippen molar-refractivity contribution < 1.29 is 27.8 Å². The highest BCUT2D eigenvalue weighted by Crippen LogP contribution is 2.31. The number of alkyl halides is 3. The lowest BCUT2D eigenvalue weighted by Crippen LogP contribution is -2.26. The first kappa shape index (κ1) is 14.3. The minimum absolute atomic E-state index is 0.0500. The molecule has 0 atom stereocenters. The Kier molecular flexibility index (Phi) is 4.96.